The van der Waals surface area contributed by atoms with E-state index in [9.17, 15) is 4.79 Å². The highest BCUT2D eigenvalue weighted by atomic mass is 35.5. The number of halogens is 1. The number of benzene rings is 2. The van der Waals surface area contributed by atoms with Crippen LogP contribution in [-0.2, 0) is 9.53 Å². The van der Waals surface area contributed by atoms with Crippen molar-refractivity contribution < 1.29 is 14.1 Å². The number of carbonyl (C=O) groups excluding carboxylic acids is 1. The molecule has 2 heterocycles. The van der Waals surface area contributed by atoms with Crippen molar-refractivity contribution in [1.29, 1.82) is 0 Å². The van der Waals surface area contributed by atoms with Crippen molar-refractivity contribution in [2.24, 2.45) is 4.99 Å². The van der Waals surface area contributed by atoms with Crippen molar-refractivity contribution in [3.8, 4) is 11.3 Å². The van der Waals surface area contributed by atoms with Gasteiger partial charge in [-0.05, 0) is 24.6 Å². The Balaban J connectivity index is 1.69. The Kier molecular flexibility index (Phi) is 4.91. The molecule has 5 nitrogen and oxygen atoms in total. The molecule has 2 aromatic carbocycles. The molecule has 0 unspecified atom stereocenters. The number of aryl methyl sites for hydroxylation is 1. The smallest absolute Gasteiger partial charge is 0.363 e. The summed E-state index contributed by atoms with van der Waals surface area (Å²) in [5.74, 6) is 0.0878. The number of hydrogen-bond acceptors (Lipinski definition) is 5. The van der Waals surface area contributed by atoms with Crippen LogP contribution >= 0.6 is 11.6 Å². The van der Waals surface area contributed by atoms with Gasteiger partial charge in [-0.3, -0.25) is 0 Å². The second kappa shape index (κ2) is 7.66. The van der Waals surface area contributed by atoms with Crippen LogP contribution < -0.4 is 0 Å². The molecule has 0 spiro atoms. The molecule has 0 saturated heterocycles. The van der Waals surface area contributed by atoms with Gasteiger partial charge in [0.05, 0.1) is 0 Å². The number of aromatic nitrogens is 1. The third-order valence-electron chi connectivity index (χ3n) is 4.12. The molecule has 28 heavy (non-hydrogen) atoms. The number of carbonyl (C=O) groups is 1. The molecule has 1 aliphatic rings. The van der Waals surface area contributed by atoms with Gasteiger partial charge in [-0.2, -0.15) is 0 Å². The quantitative estimate of drug-likeness (QED) is 0.458. The van der Waals surface area contributed by atoms with Gasteiger partial charge in [0, 0.05) is 10.6 Å². The number of aliphatic imine (C=N–C) groups is 1. The van der Waals surface area contributed by atoms with Crippen LogP contribution in [0.1, 0.15) is 16.9 Å². The minimum absolute atomic E-state index is 0.117. The second-order valence-electron chi connectivity index (χ2n) is 6.10. The minimum Gasteiger partial charge on any atom is -0.402 e. The maximum absolute atomic E-state index is 12.3. The van der Waals surface area contributed by atoms with E-state index >= 15 is 0 Å². The Morgan fingerprint density at radius 2 is 1.71 bits per heavy atom. The van der Waals surface area contributed by atoms with Crippen LogP contribution in [0.5, 0.6) is 0 Å². The first kappa shape index (κ1) is 17.9. The van der Waals surface area contributed by atoms with Crippen molar-refractivity contribution in [1.82, 2.24) is 5.16 Å². The van der Waals surface area contributed by atoms with E-state index in [-0.39, 0.29) is 11.6 Å². The lowest BCUT2D eigenvalue weighted by Crippen LogP contribution is -2.07. The van der Waals surface area contributed by atoms with Gasteiger partial charge in [0.25, 0.3) is 0 Å². The number of nitrogens with zero attached hydrogens (tertiary/aromatic N) is 2. The van der Waals surface area contributed by atoms with Crippen LogP contribution in [0.15, 0.2) is 87.0 Å². The SMILES string of the molecule is Cc1onc(-c2ccccc2)c1C1=NC(=CC(Cl)=Cc2ccccc2)C(=O)O1. The van der Waals surface area contributed by atoms with Crippen LogP contribution in [0.4, 0.5) is 0 Å². The number of rotatable bonds is 4. The first-order valence-corrected chi connectivity index (χ1v) is 8.96. The zero-order valence-electron chi connectivity index (χ0n) is 14.9. The van der Waals surface area contributed by atoms with E-state index in [0.29, 0.717) is 22.0 Å². The third kappa shape index (κ3) is 3.66. The summed E-state index contributed by atoms with van der Waals surface area (Å²) in [4.78, 5) is 16.6. The largest absolute Gasteiger partial charge is 0.402 e. The molecule has 138 valence electrons. The van der Waals surface area contributed by atoms with Crippen molar-refractivity contribution in [3.63, 3.8) is 0 Å². The lowest BCUT2D eigenvalue weighted by Gasteiger charge is -2.01. The Morgan fingerprint density at radius 1 is 1.04 bits per heavy atom. The topological polar surface area (TPSA) is 64.7 Å². The molecule has 0 aliphatic carbocycles. The molecular formula is C22H15ClN2O3. The van der Waals surface area contributed by atoms with E-state index in [1.807, 2.05) is 60.7 Å². The summed E-state index contributed by atoms with van der Waals surface area (Å²) < 4.78 is 10.7. The fourth-order valence-electron chi connectivity index (χ4n) is 2.81. The molecule has 4 rings (SSSR count). The summed E-state index contributed by atoms with van der Waals surface area (Å²) in [6.07, 6.45) is 3.23. The van der Waals surface area contributed by atoms with E-state index in [0.717, 1.165) is 11.1 Å². The third-order valence-corrected chi connectivity index (χ3v) is 4.34. The molecule has 3 aromatic rings. The highest BCUT2D eigenvalue weighted by molar-refractivity contribution is 6.33. The van der Waals surface area contributed by atoms with Crippen molar-refractivity contribution in [2.75, 3.05) is 0 Å². The molecule has 1 aliphatic heterocycles. The highest BCUT2D eigenvalue weighted by Crippen LogP contribution is 2.29. The van der Waals surface area contributed by atoms with Gasteiger partial charge in [0.15, 0.2) is 5.70 Å². The lowest BCUT2D eigenvalue weighted by molar-refractivity contribution is -0.130. The fourth-order valence-corrected chi connectivity index (χ4v) is 3.04. The zero-order valence-corrected chi connectivity index (χ0v) is 15.7. The van der Waals surface area contributed by atoms with Gasteiger partial charge in [0.1, 0.15) is 17.0 Å². The maximum Gasteiger partial charge on any atom is 0.363 e. The molecule has 6 heteroatoms. The molecule has 0 N–H and O–H groups in total. The van der Waals surface area contributed by atoms with E-state index < -0.39 is 5.97 Å². The average Bonchev–Trinajstić information content (AvgIpc) is 3.25. The van der Waals surface area contributed by atoms with Gasteiger partial charge in [-0.1, -0.05) is 77.4 Å². The number of hydrogen-bond donors (Lipinski definition) is 0. The van der Waals surface area contributed by atoms with Crippen LogP contribution in [0.3, 0.4) is 0 Å². The van der Waals surface area contributed by atoms with Crippen LogP contribution in [0.25, 0.3) is 17.3 Å². The summed E-state index contributed by atoms with van der Waals surface area (Å²) in [6, 6.07) is 19.0. The van der Waals surface area contributed by atoms with Crippen molar-refractivity contribution >= 4 is 29.5 Å². The molecule has 0 fully saturated rings. The van der Waals surface area contributed by atoms with Gasteiger partial charge >= 0.3 is 5.97 Å². The zero-order chi connectivity index (χ0) is 19.5. The van der Waals surface area contributed by atoms with E-state index in [1.54, 1.807) is 13.0 Å². The first-order valence-electron chi connectivity index (χ1n) is 8.58. The Morgan fingerprint density at radius 3 is 2.43 bits per heavy atom. The Bertz CT molecular complexity index is 1110. The summed E-state index contributed by atoms with van der Waals surface area (Å²) in [6.45, 7) is 1.75. The van der Waals surface area contributed by atoms with Crippen molar-refractivity contribution in [3.05, 3.63) is 94.4 Å². The molecule has 0 atom stereocenters. The van der Waals surface area contributed by atoms with Gasteiger partial charge in [-0.15, -0.1) is 0 Å². The number of esters is 1. The summed E-state index contributed by atoms with van der Waals surface area (Å²) in [7, 11) is 0. The normalized spacial score (nSPS) is 15.6. The van der Waals surface area contributed by atoms with Crippen LogP contribution in [0.2, 0.25) is 0 Å². The molecular weight excluding hydrogens is 376 g/mol. The van der Waals surface area contributed by atoms with Crippen molar-refractivity contribution in [2.45, 2.75) is 6.92 Å². The van der Waals surface area contributed by atoms with Gasteiger partial charge in [0.2, 0.25) is 5.90 Å². The molecule has 0 saturated carbocycles. The predicted octanol–water partition coefficient (Wildman–Crippen LogP) is 5.12. The summed E-state index contributed by atoms with van der Waals surface area (Å²) in [5.41, 5.74) is 2.99. The highest BCUT2D eigenvalue weighted by Gasteiger charge is 2.30. The molecule has 0 bridgehead atoms. The van der Waals surface area contributed by atoms with Gasteiger partial charge in [-0.25, -0.2) is 9.79 Å². The maximum atomic E-state index is 12.3. The first-order chi connectivity index (χ1) is 13.6. The summed E-state index contributed by atoms with van der Waals surface area (Å²) >= 11 is 6.27. The number of ether oxygens (including phenoxy) is 1. The molecule has 1 aromatic heterocycles. The van der Waals surface area contributed by atoms with Gasteiger partial charge < -0.3 is 9.26 Å². The second-order valence-corrected chi connectivity index (χ2v) is 6.54. The minimum atomic E-state index is -0.575. The van der Waals surface area contributed by atoms with E-state index in [4.69, 9.17) is 20.9 Å². The number of allylic oxidation sites excluding steroid dienone is 2. The molecule has 0 radical (unpaired) electrons. The average molecular weight is 391 g/mol. The fraction of sp³-hybridized carbons (Fsp3) is 0.0455. The van der Waals surface area contributed by atoms with E-state index in [2.05, 4.69) is 10.1 Å². The summed E-state index contributed by atoms with van der Waals surface area (Å²) in [5, 5.41) is 4.46. The lowest BCUT2D eigenvalue weighted by atomic mass is 10.1. The number of cyclic esters (lactones) is 1. The standard InChI is InChI=1S/C22H15ClN2O3/c1-14-19(20(25-28-14)16-10-6-3-7-11-16)21-24-18(22(26)27-21)13-17(23)12-15-8-4-2-5-9-15/h2-13H,1H3. The predicted molar refractivity (Wildman–Crippen MR) is 108 cm³/mol. The Hall–Kier alpha value is -3.44. The van der Waals surface area contributed by atoms with E-state index in [1.165, 1.54) is 6.08 Å². The Labute approximate surface area is 166 Å². The van der Waals surface area contributed by atoms with Crippen LogP contribution in [-0.4, -0.2) is 17.0 Å². The molecule has 0 amide bonds. The van der Waals surface area contributed by atoms with Crippen LogP contribution in [0, 0.1) is 6.92 Å². The monoisotopic (exact) mass is 390 g/mol.